The predicted molar refractivity (Wildman–Crippen MR) is 100 cm³/mol. The molecule has 2 aromatic carbocycles. The molecule has 24 heavy (non-hydrogen) atoms. The Kier molecular flexibility index (Phi) is 5.53. The first-order chi connectivity index (χ1) is 11.6. The second-order valence-electron chi connectivity index (χ2n) is 5.67. The Morgan fingerprint density at radius 3 is 2.75 bits per heavy atom. The van der Waals surface area contributed by atoms with Crippen molar-refractivity contribution in [1.29, 1.82) is 0 Å². The lowest BCUT2D eigenvalue weighted by atomic mass is 10.1. The van der Waals surface area contributed by atoms with Gasteiger partial charge in [-0.1, -0.05) is 18.2 Å². The molecule has 1 amide bonds. The van der Waals surface area contributed by atoms with Gasteiger partial charge in [0.1, 0.15) is 5.82 Å². The third-order valence-corrected chi connectivity index (χ3v) is 5.70. The van der Waals surface area contributed by atoms with Crippen LogP contribution < -0.4 is 5.32 Å². The van der Waals surface area contributed by atoms with Gasteiger partial charge in [-0.15, -0.1) is 23.1 Å². The van der Waals surface area contributed by atoms with E-state index in [4.69, 9.17) is 0 Å². The Hall–Kier alpha value is -1.85. The average molecular weight is 359 g/mol. The molecule has 124 valence electrons. The second kappa shape index (κ2) is 7.81. The van der Waals surface area contributed by atoms with Crippen molar-refractivity contribution in [2.24, 2.45) is 0 Å². The van der Waals surface area contributed by atoms with E-state index in [0.717, 1.165) is 11.3 Å². The molecular weight excluding hydrogens is 341 g/mol. The Morgan fingerprint density at radius 2 is 1.96 bits per heavy atom. The van der Waals surface area contributed by atoms with Gasteiger partial charge in [0.05, 0.1) is 5.75 Å². The summed E-state index contributed by atoms with van der Waals surface area (Å²) in [6.07, 6.45) is 0.816. The molecule has 0 aliphatic heterocycles. The normalized spacial score (nSPS) is 12.2. The number of thioether (sulfide) groups is 1. The number of carbonyl (C=O) groups excluding carboxylic acids is 1. The van der Waals surface area contributed by atoms with E-state index < -0.39 is 0 Å². The van der Waals surface area contributed by atoms with Gasteiger partial charge >= 0.3 is 0 Å². The van der Waals surface area contributed by atoms with Crippen LogP contribution in [0.2, 0.25) is 0 Å². The van der Waals surface area contributed by atoms with Crippen LogP contribution in [0.25, 0.3) is 10.1 Å². The zero-order chi connectivity index (χ0) is 16.9. The molecule has 0 radical (unpaired) electrons. The molecular formula is C19H18FNOS2. The van der Waals surface area contributed by atoms with Crippen molar-refractivity contribution in [2.45, 2.75) is 24.3 Å². The van der Waals surface area contributed by atoms with E-state index in [1.807, 2.05) is 19.1 Å². The Balaban J connectivity index is 1.51. The maximum atomic E-state index is 12.9. The lowest BCUT2D eigenvalue weighted by Crippen LogP contribution is -2.35. The number of fused-ring (bicyclic) bond motifs is 1. The first-order valence-electron chi connectivity index (χ1n) is 7.74. The van der Waals surface area contributed by atoms with Crippen molar-refractivity contribution in [2.75, 3.05) is 5.75 Å². The molecule has 2 nitrogen and oxygen atoms in total. The highest BCUT2D eigenvalue weighted by molar-refractivity contribution is 8.00. The second-order valence-corrected chi connectivity index (χ2v) is 7.63. The van der Waals surface area contributed by atoms with Gasteiger partial charge < -0.3 is 5.32 Å². The van der Waals surface area contributed by atoms with Crippen molar-refractivity contribution < 1.29 is 9.18 Å². The Labute approximate surface area is 149 Å². The highest BCUT2D eigenvalue weighted by Gasteiger charge is 2.11. The Morgan fingerprint density at radius 1 is 1.21 bits per heavy atom. The molecule has 0 bridgehead atoms. The van der Waals surface area contributed by atoms with Crippen molar-refractivity contribution in [3.05, 3.63) is 65.3 Å². The quantitative estimate of drug-likeness (QED) is 0.636. The number of amides is 1. The van der Waals surface area contributed by atoms with Gasteiger partial charge in [0.2, 0.25) is 5.91 Å². The zero-order valence-corrected chi connectivity index (χ0v) is 14.9. The third kappa shape index (κ3) is 4.36. The molecule has 1 N–H and O–H groups in total. The molecule has 0 aliphatic rings. The number of rotatable bonds is 6. The number of hydrogen-bond donors (Lipinski definition) is 1. The minimum absolute atomic E-state index is 0.00337. The number of thiophene rings is 1. The maximum absolute atomic E-state index is 12.9. The van der Waals surface area contributed by atoms with Crippen LogP contribution in [0, 0.1) is 5.82 Å². The zero-order valence-electron chi connectivity index (χ0n) is 13.3. The number of benzene rings is 2. The van der Waals surface area contributed by atoms with Gasteiger partial charge in [0.15, 0.2) is 0 Å². The smallest absolute Gasteiger partial charge is 0.230 e. The van der Waals surface area contributed by atoms with Crippen LogP contribution in [0.3, 0.4) is 0 Å². The van der Waals surface area contributed by atoms with Crippen LogP contribution in [0.1, 0.15) is 12.5 Å². The molecule has 0 unspecified atom stereocenters. The maximum Gasteiger partial charge on any atom is 0.230 e. The molecule has 5 heteroatoms. The average Bonchev–Trinajstić information content (AvgIpc) is 2.97. The van der Waals surface area contributed by atoms with Crippen LogP contribution >= 0.6 is 23.1 Å². The van der Waals surface area contributed by atoms with Crippen LogP contribution in [0.15, 0.2) is 58.8 Å². The van der Waals surface area contributed by atoms with Crippen LogP contribution in [0.4, 0.5) is 4.39 Å². The summed E-state index contributed by atoms with van der Waals surface area (Å²) in [4.78, 5) is 13.0. The van der Waals surface area contributed by atoms with Crippen molar-refractivity contribution in [3.8, 4) is 0 Å². The fourth-order valence-corrected chi connectivity index (χ4v) is 4.25. The highest BCUT2D eigenvalue weighted by atomic mass is 32.2. The molecule has 1 heterocycles. The number of carbonyl (C=O) groups is 1. The van der Waals surface area contributed by atoms with E-state index >= 15 is 0 Å². The summed E-state index contributed by atoms with van der Waals surface area (Å²) in [5, 5.41) is 6.47. The lowest BCUT2D eigenvalue weighted by molar-refractivity contribution is -0.119. The predicted octanol–water partition coefficient (Wildman–Crippen LogP) is 4.88. The van der Waals surface area contributed by atoms with E-state index in [0.29, 0.717) is 5.75 Å². The van der Waals surface area contributed by atoms with Crippen molar-refractivity contribution in [1.82, 2.24) is 5.32 Å². The van der Waals surface area contributed by atoms with E-state index in [1.165, 1.54) is 39.5 Å². The Bertz CT molecular complexity index is 829. The summed E-state index contributed by atoms with van der Waals surface area (Å²) in [5.74, 6) is 0.0668. The van der Waals surface area contributed by atoms with Gasteiger partial charge in [-0.05, 0) is 60.0 Å². The summed E-state index contributed by atoms with van der Waals surface area (Å²) >= 11 is 3.15. The molecule has 1 atom stereocenters. The topological polar surface area (TPSA) is 29.1 Å². The fourth-order valence-electron chi connectivity index (χ4n) is 2.57. The molecule has 3 aromatic rings. The van der Waals surface area contributed by atoms with E-state index in [-0.39, 0.29) is 17.8 Å². The van der Waals surface area contributed by atoms with E-state index in [9.17, 15) is 9.18 Å². The van der Waals surface area contributed by atoms with Crippen LogP contribution in [-0.2, 0) is 11.2 Å². The summed E-state index contributed by atoms with van der Waals surface area (Å²) in [6, 6.07) is 14.6. The number of hydrogen-bond acceptors (Lipinski definition) is 3. The summed E-state index contributed by atoms with van der Waals surface area (Å²) in [7, 11) is 0. The van der Waals surface area contributed by atoms with Gasteiger partial charge in [0.25, 0.3) is 0 Å². The summed E-state index contributed by atoms with van der Waals surface area (Å²) in [5.41, 5.74) is 1.27. The third-order valence-electron chi connectivity index (χ3n) is 3.68. The van der Waals surface area contributed by atoms with Gasteiger partial charge in [-0.3, -0.25) is 4.79 Å². The molecule has 0 spiro atoms. The first kappa shape index (κ1) is 17.0. The van der Waals surface area contributed by atoms with Gasteiger partial charge in [-0.25, -0.2) is 4.39 Å². The van der Waals surface area contributed by atoms with Crippen molar-refractivity contribution >= 4 is 39.1 Å². The van der Waals surface area contributed by atoms with E-state index in [1.54, 1.807) is 23.5 Å². The van der Waals surface area contributed by atoms with Gasteiger partial charge in [0, 0.05) is 15.6 Å². The minimum atomic E-state index is -0.264. The highest BCUT2D eigenvalue weighted by Crippen LogP contribution is 2.26. The van der Waals surface area contributed by atoms with Gasteiger partial charge in [-0.2, -0.15) is 0 Å². The molecule has 3 rings (SSSR count). The molecule has 0 saturated heterocycles. The number of nitrogens with one attached hydrogen (secondary N) is 1. The first-order valence-corrected chi connectivity index (χ1v) is 9.61. The molecule has 0 fully saturated rings. The summed E-state index contributed by atoms with van der Waals surface area (Å²) < 4.78 is 14.1. The fraction of sp³-hybridized carbons (Fsp3) is 0.211. The molecule has 0 saturated carbocycles. The van der Waals surface area contributed by atoms with Crippen LogP contribution in [-0.4, -0.2) is 17.7 Å². The SMILES string of the molecule is C[C@H](Cc1csc2ccccc12)NC(=O)CSc1ccc(F)cc1. The number of halogens is 1. The van der Waals surface area contributed by atoms with Crippen molar-refractivity contribution in [3.63, 3.8) is 0 Å². The van der Waals surface area contributed by atoms with Crippen LogP contribution in [0.5, 0.6) is 0 Å². The molecule has 1 aromatic heterocycles. The molecule has 0 aliphatic carbocycles. The lowest BCUT2D eigenvalue weighted by Gasteiger charge is -2.13. The largest absolute Gasteiger partial charge is 0.353 e. The van der Waals surface area contributed by atoms with E-state index in [2.05, 4.69) is 22.8 Å². The standard InChI is InChI=1S/C19H18FNOS2/c1-13(10-14-11-24-18-5-3-2-4-17(14)18)21-19(22)12-23-16-8-6-15(20)7-9-16/h2-9,11,13H,10,12H2,1H3,(H,21,22)/t13-/m1/s1. The minimum Gasteiger partial charge on any atom is -0.353 e. The summed E-state index contributed by atoms with van der Waals surface area (Å²) in [6.45, 7) is 2.02. The monoisotopic (exact) mass is 359 g/mol.